The van der Waals surface area contributed by atoms with Crippen molar-refractivity contribution in [3.05, 3.63) is 93.5 Å². The van der Waals surface area contributed by atoms with Crippen LogP contribution < -0.4 is 15.6 Å². The fraction of sp³-hybridized carbons (Fsp3) is 0.219. The summed E-state index contributed by atoms with van der Waals surface area (Å²) >= 11 is 1.54. The van der Waals surface area contributed by atoms with E-state index in [4.69, 9.17) is 9.84 Å². The summed E-state index contributed by atoms with van der Waals surface area (Å²) in [6, 6.07) is 19.2. The number of benzene rings is 2. The van der Waals surface area contributed by atoms with E-state index >= 15 is 0 Å². The number of nitrogens with one attached hydrogen (secondary N) is 1. The van der Waals surface area contributed by atoms with Crippen LogP contribution in [0.5, 0.6) is 5.75 Å². The maximum absolute atomic E-state index is 14.0. The lowest BCUT2D eigenvalue weighted by Crippen LogP contribution is -2.21. The minimum Gasteiger partial charge on any atom is -0.490 e. The van der Waals surface area contributed by atoms with Crippen LogP contribution in [0.1, 0.15) is 43.6 Å². The summed E-state index contributed by atoms with van der Waals surface area (Å²) < 4.78 is 9.46. The molecule has 9 nitrogen and oxygen atoms in total. The minimum atomic E-state index is -0.366. The zero-order valence-electron chi connectivity index (χ0n) is 23.9. The second-order valence-electron chi connectivity index (χ2n) is 10.3. The lowest BCUT2D eigenvalue weighted by atomic mass is 9.97. The molecule has 2 aromatic carbocycles. The smallest absolute Gasteiger partial charge is 0.264 e. The van der Waals surface area contributed by atoms with Gasteiger partial charge in [-0.2, -0.15) is 10.4 Å². The fourth-order valence-corrected chi connectivity index (χ4v) is 6.26. The van der Waals surface area contributed by atoms with Gasteiger partial charge in [0.05, 0.1) is 28.7 Å². The van der Waals surface area contributed by atoms with Crippen molar-refractivity contribution in [1.82, 2.24) is 24.1 Å². The highest BCUT2D eigenvalue weighted by atomic mass is 32.1. The summed E-state index contributed by atoms with van der Waals surface area (Å²) in [4.78, 5) is 24.0. The molecule has 6 rings (SSSR count). The Hall–Kier alpha value is -5.01. The van der Waals surface area contributed by atoms with Crippen molar-refractivity contribution < 1.29 is 4.74 Å². The SMILES string of the molecule is CNc1ncnc2c1c(-c1ccc(OC(C)C)c(C#N)c1)nn2[C@@H](C)c1cc2scc(C)n2c(=O)c1-c1ccccc1. The normalized spacial score (nSPS) is 12.1. The van der Waals surface area contributed by atoms with E-state index in [1.807, 2.05) is 74.2 Å². The molecule has 0 amide bonds. The van der Waals surface area contributed by atoms with Crippen molar-refractivity contribution in [1.29, 1.82) is 5.26 Å². The largest absolute Gasteiger partial charge is 0.490 e. The van der Waals surface area contributed by atoms with Gasteiger partial charge in [-0.1, -0.05) is 30.3 Å². The summed E-state index contributed by atoms with van der Waals surface area (Å²) in [5.74, 6) is 1.13. The van der Waals surface area contributed by atoms with Gasteiger partial charge in [0.15, 0.2) is 5.65 Å². The van der Waals surface area contributed by atoms with Crippen molar-refractivity contribution in [2.24, 2.45) is 0 Å². The van der Waals surface area contributed by atoms with E-state index in [0.717, 1.165) is 32.6 Å². The Morgan fingerprint density at radius 1 is 1.05 bits per heavy atom. The van der Waals surface area contributed by atoms with E-state index in [-0.39, 0.29) is 17.7 Å². The topological polar surface area (TPSA) is 110 Å². The van der Waals surface area contributed by atoms with Gasteiger partial charge in [0.1, 0.15) is 34.5 Å². The molecule has 10 heteroatoms. The molecule has 0 saturated carbocycles. The number of rotatable bonds is 7. The van der Waals surface area contributed by atoms with Crippen LogP contribution in [0.25, 0.3) is 38.2 Å². The molecule has 1 N–H and O–H groups in total. The molecule has 1 atom stereocenters. The molecule has 6 aromatic rings. The second-order valence-corrected chi connectivity index (χ2v) is 11.2. The highest BCUT2D eigenvalue weighted by Crippen LogP contribution is 2.37. The van der Waals surface area contributed by atoms with E-state index < -0.39 is 0 Å². The summed E-state index contributed by atoms with van der Waals surface area (Å²) in [7, 11) is 1.80. The molecule has 0 spiro atoms. The maximum atomic E-state index is 14.0. The van der Waals surface area contributed by atoms with Gasteiger partial charge in [-0.3, -0.25) is 9.20 Å². The Balaban J connectivity index is 1.60. The van der Waals surface area contributed by atoms with Gasteiger partial charge in [0.2, 0.25) is 0 Å². The molecule has 0 aliphatic carbocycles. The molecule has 0 aliphatic rings. The third-order valence-corrected chi connectivity index (χ3v) is 8.25. The summed E-state index contributed by atoms with van der Waals surface area (Å²) in [5, 5.41) is 20.8. The molecule has 0 radical (unpaired) electrons. The third kappa shape index (κ3) is 4.48. The minimum absolute atomic E-state index is 0.0686. The summed E-state index contributed by atoms with van der Waals surface area (Å²) in [5.41, 5.74) is 5.51. The van der Waals surface area contributed by atoms with Crippen LogP contribution in [0.4, 0.5) is 5.82 Å². The van der Waals surface area contributed by atoms with E-state index in [1.54, 1.807) is 23.6 Å². The van der Waals surface area contributed by atoms with E-state index in [9.17, 15) is 10.1 Å². The van der Waals surface area contributed by atoms with E-state index in [2.05, 4.69) is 27.4 Å². The van der Waals surface area contributed by atoms with Crippen molar-refractivity contribution in [3.8, 4) is 34.2 Å². The molecule has 0 fully saturated rings. The number of aryl methyl sites for hydroxylation is 1. The van der Waals surface area contributed by atoms with Crippen LogP contribution in [0, 0.1) is 18.3 Å². The second kappa shape index (κ2) is 10.8. The Labute approximate surface area is 246 Å². The standard InChI is InChI=1S/C32H29N7O2S/c1-18(2)41-25-12-11-22(13-23(25)15-33)29-28-30(34-5)35-17-36-31(28)39(37-29)20(4)24-14-26-38(19(3)16-42-26)32(40)27(24)21-9-7-6-8-10-21/h6-14,16-18,20H,1-5H3,(H,34,35,36)/t20-/m0/s1. The van der Waals surface area contributed by atoms with Crippen LogP contribution >= 0.6 is 11.3 Å². The van der Waals surface area contributed by atoms with Crippen LogP contribution in [-0.2, 0) is 0 Å². The molecule has 0 unspecified atom stereocenters. The first-order valence-corrected chi connectivity index (χ1v) is 14.5. The lowest BCUT2D eigenvalue weighted by Gasteiger charge is -2.18. The van der Waals surface area contributed by atoms with E-state index in [1.165, 1.54) is 17.7 Å². The van der Waals surface area contributed by atoms with Gasteiger partial charge < -0.3 is 10.1 Å². The molecule has 0 saturated heterocycles. The highest BCUT2D eigenvalue weighted by molar-refractivity contribution is 7.15. The lowest BCUT2D eigenvalue weighted by molar-refractivity contribution is 0.242. The number of hydrogen-bond acceptors (Lipinski definition) is 8. The summed E-state index contributed by atoms with van der Waals surface area (Å²) in [6.45, 7) is 7.81. The molecule has 4 heterocycles. The molecule has 42 heavy (non-hydrogen) atoms. The van der Waals surface area contributed by atoms with E-state index in [0.29, 0.717) is 34.0 Å². The summed E-state index contributed by atoms with van der Waals surface area (Å²) in [6.07, 6.45) is 1.43. The Bertz CT molecular complexity index is 2050. The van der Waals surface area contributed by atoms with Gasteiger partial charge in [-0.15, -0.1) is 11.3 Å². The third-order valence-electron chi connectivity index (χ3n) is 7.25. The average molecular weight is 576 g/mol. The molecule has 210 valence electrons. The number of ether oxygens (including phenoxy) is 1. The Morgan fingerprint density at radius 2 is 1.83 bits per heavy atom. The molecular weight excluding hydrogens is 546 g/mol. The zero-order valence-corrected chi connectivity index (χ0v) is 24.7. The monoisotopic (exact) mass is 575 g/mol. The number of pyridine rings is 1. The average Bonchev–Trinajstić information content (AvgIpc) is 3.58. The number of hydrogen-bond donors (Lipinski definition) is 1. The predicted octanol–water partition coefficient (Wildman–Crippen LogP) is 6.45. The van der Waals surface area contributed by atoms with Gasteiger partial charge in [0.25, 0.3) is 5.56 Å². The van der Waals surface area contributed by atoms with Gasteiger partial charge in [-0.05, 0) is 63.1 Å². The maximum Gasteiger partial charge on any atom is 0.264 e. The Kier molecular flexibility index (Phi) is 6.96. The number of thiazole rings is 1. The molecular formula is C32H29N7O2S. The van der Waals surface area contributed by atoms with Crippen LogP contribution in [-0.4, -0.2) is 37.3 Å². The van der Waals surface area contributed by atoms with Gasteiger partial charge in [0, 0.05) is 23.7 Å². The molecule has 4 aromatic heterocycles. The zero-order chi connectivity index (χ0) is 29.5. The number of anilines is 1. The fourth-order valence-electron chi connectivity index (χ4n) is 5.34. The van der Waals surface area contributed by atoms with Gasteiger partial charge in [-0.25, -0.2) is 14.6 Å². The quantitative estimate of drug-likeness (QED) is 0.233. The van der Waals surface area contributed by atoms with Crippen molar-refractivity contribution in [3.63, 3.8) is 0 Å². The first-order chi connectivity index (χ1) is 20.3. The predicted molar refractivity (Wildman–Crippen MR) is 166 cm³/mol. The highest BCUT2D eigenvalue weighted by Gasteiger charge is 2.26. The van der Waals surface area contributed by atoms with Crippen molar-refractivity contribution >= 4 is 33.0 Å². The van der Waals surface area contributed by atoms with Crippen molar-refractivity contribution in [2.45, 2.75) is 39.8 Å². The molecule has 0 aliphatic heterocycles. The van der Waals surface area contributed by atoms with Crippen molar-refractivity contribution in [2.75, 3.05) is 12.4 Å². The number of nitrogens with zero attached hydrogens (tertiary/aromatic N) is 6. The number of aromatic nitrogens is 5. The first kappa shape index (κ1) is 27.2. The molecule has 0 bridgehead atoms. The van der Waals surface area contributed by atoms with Crippen LogP contribution in [0.2, 0.25) is 0 Å². The first-order valence-electron chi connectivity index (χ1n) is 13.6. The number of nitriles is 1. The number of fused-ring (bicyclic) bond motifs is 2. The van der Waals surface area contributed by atoms with Crippen LogP contribution in [0.3, 0.4) is 0 Å². The van der Waals surface area contributed by atoms with Gasteiger partial charge >= 0.3 is 0 Å². The Morgan fingerprint density at radius 3 is 2.55 bits per heavy atom. The van der Waals surface area contributed by atoms with Crippen LogP contribution in [0.15, 0.2) is 71.1 Å².